The van der Waals surface area contributed by atoms with Gasteiger partial charge in [0.2, 0.25) is 5.78 Å². The Morgan fingerprint density at radius 3 is 2.37 bits per heavy atom. The van der Waals surface area contributed by atoms with Crippen LogP contribution in [-0.2, 0) is 0 Å². The van der Waals surface area contributed by atoms with Crippen molar-refractivity contribution < 1.29 is 49.6 Å². The van der Waals surface area contributed by atoms with Crippen LogP contribution in [0, 0.1) is 0 Å². The van der Waals surface area contributed by atoms with Crippen LogP contribution < -0.4 is 14.2 Å². The van der Waals surface area contributed by atoms with Crippen LogP contribution >= 0.6 is 0 Å². The van der Waals surface area contributed by atoms with Gasteiger partial charge in [0.1, 0.15) is 28.9 Å². The average molecular weight is 482 g/mol. The van der Waals surface area contributed by atoms with E-state index in [2.05, 4.69) is 0 Å². The molecule has 0 bridgehead atoms. The normalized spacial score (nSPS) is 22.7. The molecule has 0 saturated heterocycles. The van der Waals surface area contributed by atoms with Gasteiger partial charge in [-0.2, -0.15) is 0 Å². The second-order valence-electron chi connectivity index (χ2n) is 8.40. The smallest absolute Gasteiger partial charge is 0.202 e. The SMILES string of the molecule is COc1cc([C@@H]2Oc3c(O)cc([C@@H]4Oc5cc(O)cc(O)c5C(=O)[C@H]4O)cc3[C@@H]2CO)ccc1O. The van der Waals surface area contributed by atoms with E-state index < -0.39 is 35.8 Å². The molecule has 5 rings (SSSR count). The zero-order valence-corrected chi connectivity index (χ0v) is 18.4. The third-order valence-corrected chi connectivity index (χ3v) is 6.31. The molecule has 10 nitrogen and oxygen atoms in total. The first kappa shape index (κ1) is 22.6. The predicted octanol–water partition coefficient (Wildman–Crippen LogP) is 2.40. The lowest BCUT2D eigenvalue weighted by Gasteiger charge is -2.30. The fraction of sp³-hybridized carbons (Fsp3) is 0.240. The summed E-state index contributed by atoms with van der Waals surface area (Å²) in [4.78, 5) is 12.8. The molecule has 0 fully saturated rings. The van der Waals surface area contributed by atoms with Crippen LogP contribution in [0.1, 0.15) is 45.2 Å². The van der Waals surface area contributed by atoms with Crippen molar-refractivity contribution in [3.8, 4) is 40.2 Å². The number of Topliss-reactive ketones (excluding diaryl/α,β-unsaturated/α-hetero) is 1. The zero-order valence-electron chi connectivity index (χ0n) is 18.4. The van der Waals surface area contributed by atoms with Crippen molar-refractivity contribution in [2.75, 3.05) is 13.7 Å². The summed E-state index contributed by atoms with van der Waals surface area (Å²) < 4.78 is 16.9. The quantitative estimate of drug-likeness (QED) is 0.325. The number of carbonyl (C=O) groups excluding carboxylic acids is 1. The lowest BCUT2D eigenvalue weighted by Crippen LogP contribution is -2.36. The number of benzene rings is 3. The van der Waals surface area contributed by atoms with E-state index in [1.807, 2.05) is 0 Å². The van der Waals surface area contributed by atoms with Gasteiger partial charge in [0, 0.05) is 17.7 Å². The Labute approximate surface area is 198 Å². The molecular formula is C25H22O10. The summed E-state index contributed by atoms with van der Waals surface area (Å²) >= 11 is 0. The van der Waals surface area contributed by atoms with Gasteiger partial charge in [-0.25, -0.2) is 0 Å². The molecule has 6 N–H and O–H groups in total. The fourth-order valence-electron chi connectivity index (χ4n) is 4.63. The predicted molar refractivity (Wildman–Crippen MR) is 119 cm³/mol. The molecule has 0 unspecified atom stereocenters. The number of aromatic hydroxyl groups is 4. The van der Waals surface area contributed by atoms with E-state index in [4.69, 9.17) is 14.2 Å². The molecule has 2 aliphatic heterocycles. The van der Waals surface area contributed by atoms with Crippen LogP contribution in [0.15, 0.2) is 42.5 Å². The van der Waals surface area contributed by atoms with Crippen molar-refractivity contribution in [2.45, 2.75) is 24.2 Å². The Balaban J connectivity index is 1.54. The largest absolute Gasteiger partial charge is 0.508 e. The van der Waals surface area contributed by atoms with Crippen molar-refractivity contribution in [2.24, 2.45) is 0 Å². The number of ketones is 1. The molecule has 3 aromatic rings. The van der Waals surface area contributed by atoms with Crippen molar-refractivity contribution >= 4 is 5.78 Å². The van der Waals surface area contributed by atoms with Gasteiger partial charge >= 0.3 is 0 Å². The minimum absolute atomic E-state index is 0.0668. The van der Waals surface area contributed by atoms with Gasteiger partial charge < -0.3 is 44.8 Å². The third kappa shape index (κ3) is 3.54. The molecule has 2 heterocycles. The number of phenols is 4. The van der Waals surface area contributed by atoms with E-state index in [0.717, 1.165) is 12.1 Å². The number of carbonyl (C=O) groups is 1. The highest BCUT2D eigenvalue weighted by atomic mass is 16.5. The molecule has 10 heteroatoms. The highest BCUT2D eigenvalue weighted by Gasteiger charge is 2.42. The van der Waals surface area contributed by atoms with Gasteiger partial charge in [0.15, 0.2) is 35.2 Å². The van der Waals surface area contributed by atoms with Crippen LogP contribution in [0.4, 0.5) is 0 Å². The molecule has 182 valence electrons. The lowest BCUT2D eigenvalue weighted by atomic mass is 9.87. The van der Waals surface area contributed by atoms with Crippen LogP contribution in [0.2, 0.25) is 0 Å². The number of rotatable bonds is 4. The van der Waals surface area contributed by atoms with Crippen LogP contribution in [0.25, 0.3) is 0 Å². The van der Waals surface area contributed by atoms with Crippen LogP contribution in [0.5, 0.6) is 40.2 Å². The van der Waals surface area contributed by atoms with Crippen molar-refractivity contribution in [1.82, 2.24) is 0 Å². The zero-order chi connectivity index (χ0) is 25.0. The van der Waals surface area contributed by atoms with E-state index in [1.165, 1.54) is 19.2 Å². The second kappa shape index (κ2) is 8.26. The summed E-state index contributed by atoms with van der Waals surface area (Å²) in [6, 6.07) is 9.56. The van der Waals surface area contributed by atoms with E-state index >= 15 is 0 Å². The van der Waals surface area contributed by atoms with Gasteiger partial charge in [-0.15, -0.1) is 0 Å². The summed E-state index contributed by atoms with van der Waals surface area (Å²) in [5.74, 6) is -2.45. The maximum Gasteiger partial charge on any atom is 0.202 e. The maximum absolute atomic E-state index is 12.8. The molecule has 0 aromatic heterocycles. The van der Waals surface area contributed by atoms with E-state index in [-0.39, 0.29) is 52.2 Å². The Morgan fingerprint density at radius 1 is 0.886 bits per heavy atom. The second-order valence-corrected chi connectivity index (χ2v) is 8.40. The Kier molecular flexibility index (Phi) is 5.34. The monoisotopic (exact) mass is 482 g/mol. The topological polar surface area (TPSA) is 166 Å². The van der Waals surface area contributed by atoms with E-state index in [9.17, 15) is 35.4 Å². The minimum atomic E-state index is -1.71. The fourth-order valence-corrected chi connectivity index (χ4v) is 4.63. The number of aliphatic hydroxyl groups is 2. The van der Waals surface area contributed by atoms with Gasteiger partial charge in [-0.1, -0.05) is 6.07 Å². The summed E-state index contributed by atoms with van der Waals surface area (Å²) in [6.45, 7) is -0.360. The van der Waals surface area contributed by atoms with Crippen molar-refractivity contribution in [3.63, 3.8) is 0 Å². The van der Waals surface area contributed by atoms with Crippen molar-refractivity contribution in [1.29, 1.82) is 0 Å². The Hall–Kier alpha value is -4.15. The van der Waals surface area contributed by atoms with Gasteiger partial charge in [-0.05, 0) is 35.4 Å². The number of hydrogen-bond acceptors (Lipinski definition) is 10. The standard InChI is InChI=1S/C25H22O10/c1-33-18-6-10(2-3-15(18)28)23-14(9-26)13-4-11(5-17(30)25(13)35-23)24-22(32)21(31)20-16(29)7-12(27)8-19(20)34-24/h2-8,14,22-24,26-30,32H,9H2,1H3/t14-,22+,23-,24-/m0/s1. The van der Waals surface area contributed by atoms with E-state index in [1.54, 1.807) is 18.2 Å². The molecular weight excluding hydrogens is 460 g/mol. The number of aliphatic hydroxyl groups excluding tert-OH is 2. The Morgan fingerprint density at radius 2 is 1.66 bits per heavy atom. The molecule has 3 aromatic carbocycles. The Bertz CT molecular complexity index is 1330. The van der Waals surface area contributed by atoms with Gasteiger partial charge in [0.25, 0.3) is 0 Å². The first-order valence-electron chi connectivity index (χ1n) is 10.7. The van der Waals surface area contributed by atoms with Crippen LogP contribution in [0.3, 0.4) is 0 Å². The van der Waals surface area contributed by atoms with Crippen molar-refractivity contribution in [3.05, 3.63) is 64.7 Å². The van der Waals surface area contributed by atoms with Gasteiger partial charge in [0.05, 0.1) is 19.6 Å². The van der Waals surface area contributed by atoms with Crippen LogP contribution in [-0.4, -0.2) is 56.2 Å². The molecule has 2 aliphatic rings. The molecule has 4 atom stereocenters. The summed E-state index contributed by atoms with van der Waals surface area (Å²) in [5, 5.41) is 61.3. The molecule has 0 radical (unpaired) electrons. The number of ether oxygens (including phenoxy) is 3. The molecule has 35 heavy (non-hydrogen) atoms. The number of methoxy groups -OCH3 is 1. The molecule has 0 amide bonds. The van der Waals surface area contributed by atoms with Gasteiger partial charge in [-0.3, -0.25) is 4.79 Å². The molecule has 0 aliphatic carbocycles. The highest BCUT2D eigenvalue weighted by molar-refractivity contribution is 6.05. The molecule has 0 spiro atoms. The number of fused-ring (bicyclic) bond motifs is 2. The molecule has 0 saturated carbocycles. The highest BCUT2D eigenvalue weighted by Crippen LogP contribution is 2.52. The lowest BCUT2D eigenvalue weighted by molar-refractivity contribution is 0.0209. The first-order valence-corrected chi connectivity index (χ1v) is 10.7. The number of hydrogen-bond donors (Lipinski definition) is 6. The maximum atomic E-state index is 12.8. The third-order valence-electron chi connectivity index (χ3n) is 6.31. The summed E-state index contributed by atoms with van der Waals surface area (Å²) in [7, 11) is 1.40. The first-order chi connectivity index (χ1) is 16.7. The van der Waals surface area contributed by atoms with E-state index in [0.29, 0.717) is 11.1 Å². The average Bonchev–Trinajstić information content (AvgIpc) is 3.20. The summed E-state index contributed by atoms with van der Waals surface area (Å²) in [6.07, 6.45) is -3.69. The minimum Gasteiger partial charge on any atom is -0.508 e. The summed E-state index contributed by atoms with van der Waals surface area (Å²) in [5.41, 5.74) is 0.976. The number of phenolic OH excluding ortho intramolecular Hbond substituents is 4.